The summed E-state index contributed by atoms with van der Waals surface area (Å²) in [5.41, 5.74) is 1.86. The Hall–Kier alpha value is -1.95. The summed E-state index contributed by atoms with van der Waals surface area (Å²) in [6, 6.07) is 14.9. The maximum Gasteiger partial charge on any atom is 0.261 e. The number of benzene rings is 2. The Kier molecular flexibility index (Phi) is 7.26. The molecular formula is C24H24Cl2N2O2S. The highest BCUT2D eigenvalue weighted by Gasteiger charge is 2.41. The molecule has 2 aromatic rings. The number of rotatable bonds is 5. The molecule has 1 N–H and O–H groups in total. The number of halogens is 2. The molecule has 31 heavy (non-hydrogen) atoms. The molecule has 0 spiro atoms. The van der Waals surface area contributed by atoms with Gasteiger partial charge in [-0.3, -0.25) is 9.59 Å². The van der Waals surface area contributed by atoms with E-state index in [1.165, 1.54) is 0 Å². The first-order valence-electron chi connectivity index (χ1n) is 10.5. The van der Waals surface area contributed by atoms with E-state index in [0.717, 1.165) is 36.8 Å². The topological polar surface area (TPSA) is 49.4 Å². The minimum Gasteiger partial charge on any atom is -0.350 e. The standard InChI is InChI=1S/C24H24Cl2N2O2S/c25-18-10-8-16(9-11-18)14-27-23(29)15-28-20-6-1-2-7-21(20)31-22(24(28)30)13-17-4-3-5-19(26)12-17/h3-5,8-13,20-21H,1-2,6-7,14-15H2,(H,27,29)/b22-13+. The number of hydrogen-bond acceptors (Lipinski definition) is 3. The van der Waals surface area contributed by atoms with Crippen LogP contribution in [0.5, 0.6) is 0 Å². The van der Waals surface area contributed by atoms with Crippen molar-refractivity contribution in [3.8, 4) is 0 Å². The summed E-state index contributed by atoms with van der Waals surface area (Å²) in [5.74, 6) is -0.226. The first-order valence-corrected chi connectivity index (χ1v) is 12.1. The molecule has 4 nitrogen and oxygen atoms in total. The Morgan fingerprint density at radius 1 is 1.10 bits per heavy atom. The lowest BCUT2D eigenvalue weighted by Gasteiger charge is -2.43. The van der Waals surface area contributed by atoms with Gasteiger partial charge >= 0.3 is 0 Å². The summed E-state index contributed by atoms with van der Waals surface area (Å²) in [7, 11) is 0. The number of fused-ring (bicyclic) bond motifs is 1. The van der Waals surface area contributed by atoms with Gasteiger partial charge in [-0.2, -0.15) is 0 Å². The van der Waals surface area contributed by atoms with Crippen molar-refractivity contribution in [3.63, 3.8) is 0 Å². The van der Waals surface area contributed by atoms with E-state index in [1.807, 2.05) is 42.5 Å². The van der Waals surface area contributed by atoms with Crippen LogP contribution in [-0.2, 0) is 16.1 Å². The zero-order valence-electron chi connectivity index (χ0n) is 17.0. The van der Waals surface area contributed by atoms with E-state index in [9.17, 15) is 9.59 Å². The van der Waals surface area contributed by atoms with Crippen LogP contribution in [0.2, 0.25) is 10.0 Å². The van der Waals surface area contributed by atoms with E-state index >= 15 is 0 Å². The smallest absolute Gasteiger partial charge is 0.261 e. The second-order valence-electron chi connectivity index (χ2n) is 7.91. The van der Waals surface area contributed by atoms with E-state index in [2.05, 4.69) is 5.32 Å². The van der Waals surface area contributed by atoms with Gasteiger partial charge in [0.25, 0.3) is 5.91 Å². The lowest BCUT2D eigenvalue weighted by molar-refractivity contribution is -0.135. The Labute approximate surface area is 197 Å². The van der Waals surface area contributed by atoms with E-state index in [1.54, 1.807) is 28.8 Å². The average Bonchev–Trinajstić information content (AvgIpc) is 2.76. The first-order chi connectivity index (χ1) is 15.0. The van der Waals surface area contributed by atoms with Crippen molar-refractivity contribution < 1.29 is 9.59 Å². The lowest BCUT2D eigenvalue weighted by Crippen LogP contribution is -2.54. The van der Waals surface area contributed by atoms with Gasteiger partial charge in [0.15, 0.2) is 0 Å². The molecule has 1 aliphatic heterocycles. The van der Waals surface area contributed by atoms with Crippen LogP contribution in [0.4, 0.5) is 0 Å². The Balaban J connectivity index is 1.48. The van der Waals surface area contributed by atoms with Crippen LogP contribution in [0.25, 0.3) is 6.08 Å². The third-order valence-corrected chi connectivity index (χ3v) is 7.57. The van der Waals surface area contributed by atoms with Gasteiger partial charge < -0.3 is 10.2 Å². The molecular weight excluding hydrogens is 451 g/mol. The maximum atomic E-state index is 13.3. The maximum absolute atomic E-state index is 13.3. The lowest BCUT2D eigenvalue weighted by atomic mass is 9.93. The second-order valence-corrected chi connectivity index (χ2v) is 10.1. The molecule has 1 aliphatic carbocycles. The summed E-state index contributed by atoms with van der Waals surface area (Å²) in [6.07, 6.45) is 6.13. The molecule has 1 saturated heterocycles. The van der Waals surface area contributed by atoms with Gasteiger partial charge in [-0.05, 0) is 54.3 Å². The normalized spacial score (nSPS) is 22.3. The molecule has 1 saturated carbocycles. The number of hydrogen-bond donors (Lipinski definition) is 1. The van der Waals surface area contributed by atoms with E-state index in [0.29, 0.717) is 26.7 Å². The predicted octanol–water partition coefficient (Wildman–Crippen LogP) is 5.54. The summed E-state index contributed by atoms with van der Waals surface area (Å²) in [4.78, 5) is 28.5. The van der Waals surface area contributed by atoms with Crippen LogP contribution in [0.15, 0.2) is 53.4 Å². The summed E-state index contributed by atoms with van der Waals surface area (Å²) in [6.45, 7) is 0.479. The van der Waals surface area contributed by atoms with E-state index < -0.39 is 0 Å². The van der Waals surface area contributed by atoms with Crippen molar-refractivity contribution in [3.05, 3.63) is 74.6 Å². The van der Waals surface area contributed by atoms with Gasteiger partial charge in [0.1, 0.15) is 6.54 Å². The second kappa shape index (κ2) is 10.1. The molecule has 2 fully saturated rings. The monoisotopic (exact) mass is 474 g/mol. The molecule has 0 aromatic heterocycles. The van der Waals surface area contributed by atoms with Gasteiger partial charge in [0.2, 0.25) is 5.91 Å². The SMILES string of the molecule is O=C(CN1C(=O)/C(=C\c2cccc(Cl)c2)SC2CCCCC21)NCc1ccc(Cl)cc1. The molecule has 0 bridgehead atoms. The van der Waals surface area contributed by atoms with Crippen LogP contribution in [0, 0.1) is 0 Å². The number of nitrogens with zero attached hydrogens (tertiary/aromatic N) is 1. The summed E-state index contributed by atoms with van der Waals surface area (Å²) < 4.78 is 0. The highest BCUT2D eigenvalue weighted by molar-refractivity contribution is 8.04. The van der Waals surface area contributed by atoms with Gasteiger partial charge in [0, 0.05) is 27.9 Å². The fourth-order valence-corrected chi connectivity index (χ4v) is 5.92. The number of amides is 2. The van der Waals surface area contributed by atoms with E-state index in [-0.39, 0.29) is 24.4 Å². The van der Waals surface area contributed by atoms with Gasteiger partial charge in [-0.1, -0.05) is 60.3 Å². The molecule has 0 radical (unpaired) electrons. The number of nitrogens with one attached hydrogen (secondary N) is 1. The van der Waals surface area contributed by atoms with Crippen LogP contribution in [-0.4, -0.2) is 34.6 Å². The number of thioether (sulfide) groups is 1. The van der Waals surface area contributed by atoms with Crippen LogP contribution in [0.3, 0.4) is 0 Å². The average molecular weight is 475 g/mol. The molecule has 162 valence electrons. The van der Waals surface area contributed by atoms with E-state index in [4.69, 9.17) is 23.2 Å². The third-order valence-electron chi connectivity index (χ3n) is 5.68. The van der Waals surface area contributed by atoms with Gasteiger partial charge in [0.05, 0.1) is 4.91 Å². The fraction of sp³-hybridized carbons (Fsp3) is 0.333. The predicted molar refractivity (Wildman–Crippen MR) is 128 cm³/mol. The minimum absolute atomic E-state index is 0.0705. The van der Waals surface area contributed by atoms with Gasteiger partial charge in [-0.25, -0.2) is 0 Å². The van der Waals surface area contributed by atoms with Crippen molar-refractivity contribution in [2.75, 3.05) is 6.54 Å². The van der Waals surface area contributed by atoms with Crippen molar-refractivity contribution >= 4 is 52.9 Å². The number of carbonyl (C=O) groups is 2. The molecule has 7 heteroatoms. The summed E-state index contributed by atoms with van der Waals surface area (Å²) >= 11 is 13.7. The van der Waals surface area contributed by atoms with Crippen molar-refractivity contribution in [1.29, 1.82) is 0 Å². The van der Waals surface area contributed by atoms with Crippen LogP contribution < -0.4 is 5.32 Å². The van der Waals surface area contributed by atoms with Gasteiger partial charge in [-0.15, -0.1) is 11.8 Å². The first kappa shape index (κ1) is 22.3. The quantitative estimate of drug-likeness (QED) is 0.578. The van der Waals surface area contributed by atoms with Crippen molar-refractivity contribution in [1.82, 2.24) is 10.2 Å². The third kappa shape index (κ3) is 5.65. The van der Waals surface area contributed by atoms with Crippen LogP contribution in [0.1, 0.15) is 36.8 Å². The largest absolute Gasteiger partial charge is 0.350 e. The Bertz CT molecular complexity index is 993. The molecule has 2 atom stereocenters. The molecule has 2 aliphatic rings. The molecule has 2 unspecified atom stereocenters. The zero-order valence-corrected chi connectivity index (χ0v) is 19.3. The molecule has 4 rings (SSSR count). The summed E-state index contributed by atoms with van der Waals surface area (Å²) in [5, 5.41) is 4.55. The minimum atomic E-state index is -0.151. The molecule has 2 amide bonds. The molecule has 2 aromatic carbocycles. The zero-order chi connectivity index (χ0) is 21.8. The van der Waals surface area contributed by atoms with Crippen molar-refractivity contribution in [2.45, 2.75) is 43.5 Å². The number of carbonyl (C=O) groups excluding carboxylic acids is 2. The van der Waals surface area contributed by atoms with Crippen LogP contribution >= 0.6 is 35.0 Å². The Morgan fingerprint density at radius 2 is 1.87 bits per heavy atom. The fourth-order valence-electron chi connectivity index (χ4n) is 4.12. The Morgan fingerprint density at radius 3 is 2.65 bits per heavy atom. The molecule has 1 heterocycles. The van der Waals surface area contributed by atoms with Crippen molar-refractivity contribution in [2.24, 2.45) is 0 Å². The highest BCUT2D eigenvalue weighted by Crippen LogP contribution is 2.42. The highest BCUT2D eigenvalue weighted by atomic mass is 35.5.